The van der Waals surface area contributed by atoms with Gasteiger partial charge >= 0.3 is 0 Å². The van der Waals surface area contributed by atoms with Crippen LogP contribution in [0.5, 0.6) is 0 Å². The van der Waals surface area contributed by atoms with Gasteiger partial charge in [-0.25, -0.2) is 9.97 Å². The minimum absolute atomic E-state index is 0.0377. The van der Waals surface area contributed by atoms with Crippen LogP contribution in [0.2, 0.25) is 0 Å². The van der Waals surface area contributed by atoms with E-state index in [-0.39, 0.29) is 5.92 Å². The first-order chi connectivity index (χ1) is 16.8. The Morgan fingerprint density at radius 3 is 2.59 bits per heavy atom. The smallest absolute Gasteiger partial charge is 0.227 e. The van der Waals surface area contributed by atoms with Crippen molar-refractivity contribution in [2.45, 2.75) is 32.1 Å². The van der Waals surface area contributed by atoms with Crippen molar-refractivity contribution in [1.29, 1.82) is 0 Å². The van der Waals surface area contributed by atoms with E-state index in [4.69, 9.17) is 4.98 Å². The fourth-order valence-electron chi connectivity index (χ4n) is 5.76. The maximum atomic E-state index is 13.5. The number of likely N-dealkylation sites (tertiary alicyclic amines) is 1. The lowest BCUT2D eigenvalue weighted by molar-refractivity contribution is -0.137. The number of carbonyl (C=O) groups excluding carboxylic acids is 1. The number of hydrogen-bond donors (Lipinski definition) is 0. The highest BCUT2D eigenvalue weighted by Gasteiger charge is 2.32. The second-order valence-corrected chi connectivity index (χ2v) is 9.79. The number of fused-ring (bicyclic) bond motifs is 3. The Labute approximate surface area is 200 Å². The highest BCUT2D eigenvalue weighted by molar-refractivity contribution is 5.84. The summed E-state index contributed by atoms with van der Waals surface area (Å²) in [6.45, 7) is 3.42. The molecular weight excluding hydrogens is 422 g/mol. The van der Waals surface area contributed by atoms with Crippen LogP contribution in [0, 0.1) is 11.8 Å². The summed E-state index contributed by atoms with van der Waals surface area (Å²) < 4.78 is 2.16. The number of nitrogens with zero attached hydrogens (tertiary/aromatic N) is 5. The highest BCUT2D eigenvalue weighted by atomic mass is 16.2. The fourth-order valence-corrected chi connectivity index (χ4v) is 5.76. The van der Waals surface area contributed by atoms with E-state index in [1.165, 1.54) is 5.56 Å². The van der Waals surface area contributed by atoms with Crippen molar-refractivity contribution in [1.82, 2.24) is 19.3 Å². The Bertz CT molecular complexity index is 1290. The van der Waals surface area contributed by atoms with Crippen LogP contribution < -0.4 is 4.90 Å². The lowest BCUT2D eigenvalue weighted by atomic mass is 9.89. The maximum Gasteiger partial charge on any atom is 0.227 e. The van der Waals surface area contributed by atoms with Gasteiger partial charge in [-0.3, -0.25) is 4.79 Å². The van der Waals surface area contributed by atoms with E-state index in [1.54, 1.807) is 6.20 Å². The number of carbonyl (C=O) groups is 1. The molecule has 0 spiro atoms. The number of hydrogen-bond acceptors (Lipinski definition) is 4. The molecule has 4 aromatic rings. The molecule has 0 aliphatic carbocycles. The molecule has 5 heterocycles. The molecule has 6 nitrogen and oxygen atoms in total. The number of piperidine rings is 2. The zero-order valence-corrected chi connectivity index (χ0v) is 19.5. The van der Waals surface area contributed by atoms with E-state index in [0.29, 0.717) is 11.8 Å². The SMILES string of the molecule is O=C(C1CCCN(c2nc3ncccc3n3cccc23)C1)N1CCC(Cc2ccccc2)CC1. The first kappa shape index (κ1) is 21.1. The monoisotopic (exact) mass is 453 g/mol. The van der Waals surface area contributed by atoms with Crippen LogP contribution in [0.4, 0.5) is 5.82 Å². The van der Waals surface area contributed by atoms with E-state index in [0.717, 1.165) is 80.8 Å². The predicted molar refractivity (Wildman–Crippen MR) is 135 cm³/mol. The molecule has 3 aromatic heterocycles. The molecule has 1 atom stereocenters. The topological polar surface area (TPSA) is 53.7 Å². The lowest BCUT2D eigenvalue weighted by Crippen LogP contribution is -2.47. The molecule has 1 unspecified atom stereocenters. The lowest BCUT2D eigenvalue weighted by Gasteiger charge is -2.38. The number of aromatic nitrogens is 3. The minimum atomic E-state index is 0.0377. The molecule has 174 valence electrons. The van der Waals surface area contributed by atoms with E-state index in [1.807, 2.05) is 6.07 Å². The second-order valence-electron chi connectivity index (χ2n) is 9.79. The van der Waals surface area contributed by atoms with Crippen molar-refractivity contribution in [2.24, 2.45) is 11.8 Å². The first-order valence-corrected chi connectivity index (χ1v) is 12.6. The van der Waals surface area contributed by atoms with E-state index in [9.17, 15) is 4.79 Å². The molecule has 0 saturated carbocycles. The zero-order valence-electron chi connectivity index (χ0n) is 19.5. The number of pyridine rings is 1. The summed E-state index contributed by atoms with van der Waals surface area (Å²) in [7, 11) is 0. The third-order valence-corrected chi connectivity index (χ3v) is 7.58. The highest BCUT2D eigenvalue weighted by Crippen LogP contribution is 2.30. The molecule has 2 aliphatic rings. The van der Waals surface area contributed by atoms with Crippen molar-refractivity contribution >= 4 is 28.4 Å². The molecule has 2 fully saturated rings. The molecular formula is C28H31N5O. The van der Waals surface area contributed by atoms with Gasteiger partial charge in [-0.1, -0.05) is 30.3 Å². The molecule has 2 aliphatic heterocycles. The summed E-state index contributed by atoms with van der Waals surface area (Å²) in [4.78, 5) is 27.3. The summed E-state index contributed by atoms with van der Waals surface area (Å²) in [5.74, 6) is 1.98. The molecule has 1 aromatic carbocycles. The van der Waals surface area contributed by atoms with Crippen LogP contribution in [0.15, 0.2) is 67.0 Å². The van der Waals surface area contributed by atoms with E-state index < -0.39 is 0 Å². The summed E-state index contributed by atoms with van der Waals surface area (Å²) in [6, 6.07) is 18.9. The zero-order chi connectivity index (χ0) is 22.9. The standard InChI is InChI=1S/C28H31N5O/c34-28(31-17-12-22(13-18-31)19-21-7-2-1-3-8-21)23-9-5-15-32(20-23)27-25-11-6-16-33(25)24-10-4-14-29-26(24)30-27/h1-4,6-8,10-11,14,16,22-23H,5,9,12-13,15,17-20H2. The number of benzene rings is 1. The quantitative estimate of drug-likeness (QED) is 0.454. The van der Waals surface area contributed by atoms with Gasteiger partial charge in [0, 0.05) is 38.6 Å². The van der Waals surface area contributed by atoms with Crippen molar-refractivity contribution in [3.63, 3.8) is 0 Å². The van der Waals surface area contributed by atoms with Gasteiger partial charge in [0.25, 0.3) is 0 Å². The van der Waals surface area contributed by atoms with Crippen LogP contribution in [0.1, 0.15) is 31.2 Å². The fraction of sp³-hybridized carbons (Fsp3) is 0.393. The molecule has 1 amide bonds. The number of amides is 1. The van der Waals surface area contributed by atoms with Gasteiger partial charge in [0.2, 0.25) is 5.91 Å². The van der Waals surface area contributed by atoms with Crippen molar-refractivity contribution in [3.05, 3.63) is 72.6 Å². The summed E-state index contributed by atoms with van der Waals surface area (Å²) in [5, 5.41) is 0. The summed E-state index contributed by atoms with van der Waals surface area (Å²) in [6.07, 6.45) is 9.14. The molecule has 6 heteroatoms. The van der Waals surface area contributed by atoms with Gasteiger partial charge < -0.3 is 14.2 Å². The van der Waals surface area contributed by atoms with Crippen LogP contribution in [0.25, 0.3) is 16.7 Å². The largest absolute Gasteiger partial charge is 0.354 e. The Balaban J connectivity index is 1.15. The summed E-state index contributed by atoms with van der Waals surface area (Å²) >= 11 is 0. The summed E-state index contributed by atoms with van der Waals surface area (Å²) in [5.41, 5.74) is 4.24. The van der Waals surface area contributed by atoms with E-state index in [2.05, 4.69) is 73.9 Å². The molecule has 0 bridgehead atoms. The van der Waals surface area contributed by atoms with Gasteiger partial charge in [-0.2, -0.15) is 0 Å². The van der Waals surface area contributed by atoms with Gasteiger partial charge in [0.05, 0.1) is 17.0 Å². The first-order valence-electron chi connectivity index (χ1n) is 12.6. The maximum absolute atomic E-state index is 13.5. The van der Waals surface area contributed by atoms with Crippen LogP contribution >= 0.6 is 0 Å². The Morgan fingerprint density at radius 1 is 0.912 bits per heavy atom. The Morgan fingerprint density at radius 2 is 1.74 bits per heavy atom. The van der Waals surface area contributed by atoms with Gasteiger partial charge in [-0.05, 0) is 67.9 Å². The third kappa shape index (κ3) is 4.02. The van der Waals surface area contributed by atoms with E-state index >= 15 is 0 Å². The average Bonchev–Trinajstić information content (AvgIpc) is 3.39. The van der Waals surface area contributed by atoms with Crippen molar-refractivity contribution < 1.29 is 4.79 Å². The predicted octanol–water partition coefficient (Wildman–Crippen LogP) is 4.58. The van der Waals surface area contributed by atoms with Crippen LogP contribution in [-0.2, 0) is 11.2 Å². The van der Waals surface area contributed by atoms with Gasteiger partial charge in [-0.15, -0.1) is 0 Å². The normalized spacial score (nSPS) is 19.7. The molecule has 34 heavy (non-hydrogen) atoms. The number of anilines is 1. The van der Waals surface area contributed by atoms with Crippen molar-refractivity contribution in [2.75, 3.05) is 31.1 Å². The second kappa shape index (κ2) is 9.09. The minimum Gasteiger partial charge on any atom is -0.354 e. The van der Waals surface area contributed by atoms with Crippen LogP contribution in [-0.4, -0.2) is 51.4 Å². The molecule has 2 saturated heterocycles. The van der Waals surface area contributed by atoms with Gasteiger partial charge in [0.15, 0.2) is 11.5 Å². The molecule has 0 radical (unpaired) electrons. The van der Waals surface area contributed by atoms with Crippen molar-refractivity contribution in [3.8, 4) is 0 Å². The Hall–Kier alpha value is -3.41. The third-order valence-electron chi connectivity index (χ3n) is 7.58. The average molecular weight is 454 g/mol. The number of rotatable bonds is 4. The molecule has 6 rings (SSSR count). The Kier molecular flexibility index (Phi) is 5.65. The molecule has 0 N–H and O–H groups in total. The van der Waals surface area contributed by atoms with Gasteiger partial charge in [0.1, 0.15) is 0 Å². The van der Waals surface area contributed by atoms with Crippen LogP contribution in [0.3, 0.4) is 0 Å².